The van der Waals surface area contributed by atoms with E-state index in [0.717, 1.165) is 37.8 Å². The minimum atomic E-state index is -0.128. The van der Waals surface area contributed by atoms with Crippen molar-refractivity contribution in [3.05, 3.63) is 30.1 Å². The quantitative estimate of drug-likeness (QED) is 0.804. The highest BCUT2D eigenvalue weighted by Crippen LogP contribution is 2.31. The second-order valence-electron chi connectivity index (χ2n) is 8.53. The number of ether oxygens (including phenoxy) is 1. The van der Waals surface area contributed by atoms with Crippen LogP contribution in [0.2, 0.25) is 0 Å². The third-order valence-corrected chi connectivity index (χ3v) is 5.17. The van der Waals surface area contributed by atoms with Crippen LogP contribution in [0.25, 0.3) is 0 Å². The van der Waals surface area contributed by atoms with Crippen molar-refractivity contribution in [2.45, 2.75) is 46.2 Å². The summed E-state index contributed by atoms with van der Waals surface area (Å²) in [5.41, 5.74) is 1.12. The lowest BCUT2D eigenvalue weighted by molar-refractivity contribution is 0.128. The maximum atomic E-state index is 5.26. The van der Waals surface area contributed by atoms with E-state index in [0.29, 0.717) is 5.92 Å². The van der Waals surface area contributed by atoms with Gasteiger partial charge in [-0.15, -0.1) is 5.10 Å². The Labute approximate surface area is 162 Å². The van der Waals surface area contributed by atoms with E-state index >= 15 is 0 Å². The molecule has 0 N–H and O–H groups in total. The fraction of sp³-hybridized carbons (Fsp3) is 0.650. The van der Waals surface area contributed by atoms with Crippen molar-refractivity contribution in [1.29, 1.82) is 0 Å². The number of piperazine rings is 1. The lowest BCUT2D eigenvalue weighted by Gasteiger charge is -2.41. The highest BCUT2D eigenvalue weighted by atomic mass is 16.5. The summed E-state index contributed by atoms with van der Waals surface area (Å²) in [5.74, 6) is 2.30. The third-order valence-electron chi connectivity index (χ3n) is 5.17. The fourth-order valence-electron chi connectivity index (χ4n) is 3.79. The molecule has 1 atom stereocenters. The van der Waals surface area contributed by atoms with Gasteiger partial charge in [-0.1, -0.05) is 13.8 Å². The van der Waals surface area contributed by atoms with Crippen LogP contribution < -0.4 is 9.64 Å². The molecule has 7 heteroatoms. The Morgan fingerprint density at radius 3 is 2.15 bits per heavy atom. The minimum Gasteiger partial charge on any atom is -0.497 e. The number of aromatic nitrogens is 4. The average Bonchev–Trinajstić information content (AvgIpc) is 3.12. The molecule has 0 radical (unpaired) electrons. The first kappa shape index (κ1) is 19.6. The van der Waals surface area contributed by atoms with Crippen LogP contribution in [0.15, 0.2) is 24.3 Å². The van der Waals surface area contributed by atoms with Crippen LogP contribution in [0.5, 0.6) is 5.75 Å². The van der Waals surface area contributed by atoms with Crippen LogP contribution >= 0.6 is 0 Å². The topological polar surface area (TPSA) is 59.3 Å². The molecule has 148 valence electrons. The molecule has 0 saturated carbocycles. The van der Waals surface area contributed by atoms with Gasteiger partial charge in [0.05, 0.1) is 18.7 Å². The van der Waals surface area contributed by atoms with Gasteiger partial charge in [-0.2, -0.15) is 0 Å². The fourth-order valence-corrected chi connectivity index (χ4v) is 3.79. The molecule has 1 aromatic carbocycles. The molecule has 0 amide bonds. The number of nitrogens with zero attached hydrogens (tertiary/aromatic N) is 6. The van der Waals surface area contributed by atoms with Crippen molar-refractivity contribution in [3.8, 4) is 5.75 Å². The summed E-state index contributed by atoms with van der Waals surface area (Å²) in [5, 5.41) is 12.7. The maximum Gasteiger partial charge on any atom is 0.169 e. The number of benzene rings is 1. The van der Waals surface area contributed by atoms with Crippen LogP contribution in [-0.4, -0.2) is 58.4 Å². The first-order valence-electron chi connectivity index (χ1n) is 9.73. The Morgan fingerprint density at radius 1 is 1.00 bits per heavy atom. The molecular formula is C20H32N6O. The molecule has 1 unspecified atom stereocenters. The van der Waals surface area contributed by atoms with Gasteiger partial charge in [0, 0.05) is 31.9 Å². The molecule has 1 aliphatic rings. The van der Waals surface area contributed by atoms with E-state index in [1.165, 1.54) is 5.69 Å². The summed E-state index contributed by atoms with van der Waals surface area (Å²) < 4.78 is 7.24. The highest BCUT2D eigenvalue weighted by Gasteiger charge is 2.33. The molecule has 27 heavy (non-hydrogen) atoms. The van der Waals surface area contributed by atoms with E-state index in [1.54, 1.807) is 7.11 Å². The summed E-state index contributed by atoms with van der Waals surface area (Å²) in [4.78, 5) is 4.96. The van der Waals surface area contributed by atoms with Crippen LogP contribution in [-0.2, 0) is 5.54 Å². The molecule has 2 heterocycles. The van der Waals surface area contributed by atoms with E-state index in [1.807, 2.05) is 16.8 Å². The Hall–Kier alpha value is -2.15. The maximum absolute atomic E-state index is 5.26. The molecule has 1 saturated heterocycles. The van der Waals surface area contributed by atoms with Crippen molar-refractivity contribution in [3.63, 3.8) is 0 Å². The second kappa shape index (κ2) is 7.84. The van der Waals surface area contributed by atoms with Gasteiger partial charge in [0.25, 0.3) is 0 Å². The summed E-state index contributed by atoms with van der Waals surface area (Å²) in [6.45, 7) is 14.9. The molecule has 3 rings (SSSR count). The molecule has 0 spiro atoms. The number of methoxy groups -OCH3 is 1. The van der Waals surface area contributed by atoms with Gasteiger partial charge in [0.1, 0.15) is 5.75 Å². The minimum absolute atomic E-state index is 0.128. The first-order valence-corrected chi connectivity index (χ1v) is 9.73. The number of tetrazole rings is 1. The lowest BCUT2D eigenvalue weighted by atomic mass is 9.99. The van der Waals surface area contributed by atoms with Crippen LogP contribution in [0.3, 0.4) is 0 Å². The van der Waals surface area contributed by atoms with E-state index in [-0.39, 0.29) is 11.6 Å². The number of hydrogen-bond donors (Lipinski definition) is 0. The average molecular weight is 373 g/mol. The third kappa shape index (κ3) is 4.24. The van der Waals surface area contributed by atoms with Gasteiger partial charge in [-0.05, 0) is 61.4 Å². The van der Waals surface area contributed by atoms with Crippen LogP contribution in [0, 0.1) is 5.92 Å². The van der Waals surface area contributed by atoms with Crippen molar-refractivity contribution >= 4 is 5.69 Å². The predicted octanol–water partition coefficient (Wildman–Crippen LogP) is 2.96. The largest absolute Gasteiger partial charge is 0.497 e. The molecule has 1 fully saturated rings. The molecule has 1 aliphatic heterocycles. The Kier molecular flexibility index (Phi) is 5.69. The summed E-state index contributed by atoms with van der Waals surface area (Å²) >= 11 is 0. The zero-order valence-corrected chi connectivity index (χ0v) is 17.4. The molecule has 1 aromatic heterocycles. The Bertz CT molecular complexity index is 726. The monoisotopic (exact) mass is 372 g/mol. The van der Waals surface area contributed by atoms with Crippen molar-refractivity contribution in [2.75, 3.05) is 38.2 Å². The standard InChI is InChI=1S/C20H32N6O/c1-15(2)18(19-21-22-23-26(19)20(3,4)5)25-13-11-24(12-14-25)16-7-9-17(27-6)10-8-16/h7-10,15,18H,11-14H2,1-6H3. The van der Waals surface area contributed by atoms with E-state index in [9.17, 15) is 0 Å². The highest BCUT2D eigenvalue weighted by molar-refractivity contribution is 5.49. The van der Waals surface area contributed by atoms with Gasteiger partial charge in [-0.25, -0.2) is 4.68 Å². The van der Waals surface area contributed by atoms with Gasteiger partial charge < -0.3 is 9.64 Å². The SMILES string of the molecule is COc1ccc(N2CCN(C(c3nnnn3C(C)(C)C)C(C)C)CC2)cc1. The summed E-state index contributed by atoms with van der Waals surface area (Å²) in [6.07, 6.45) is 0. The van der Waals surface area contributed by atoms with E-state index < -0.39 is 0 Å². The van der Waals surface area contributed by atoms with Gasteiger partial charge in [0.2, 0.25) is 0 Å². The smallest absolute Gasteiger partial charge is 0.169 e. The van der Waals surface area contributed by atoms with Crippen LogP contribution in [0.1, 0.15) is 46.5 Å². The Balaban J connectivity index is 1.73. The number of anilines is 1. The van der Waals surface area contributed by atoms with Gasteiger partial charge in [-0.3, -0.25) is 4.90 Å². The van der Waals surface area contributed by atoms with Crippen molar-refractivity contribution in [1.82, 2.24) is 25.1 Å². The number of hydrogen-bond acceptors (Lipinski definition) is 6. The molecule has 7 nitrogen and oxygen atoms in total. The Morgan fingerprint density at radius 2 is 1.63 bits per heavy atom. The van der Waals surface area contributed by atoms with E-state index in [4.69, 9.17) is 4.74 Å². The molecular weight excluding hydrogens is 340 g/mol. The predicted molar refractivity (Wildman–Crippen MR) is 107 cm³/mol. The molecule has 0 aliphatic carbocycles. The van der Waals surface area contributed by atoms with Gasteiger partial charge >= 0.3 is 0 Å². The zero-order valence-electron chi connectivity index (χ0n) is 17.4. The zero-order chi connectivity index (χ0) is 19.6. The normalized spacial score (nSPS) is 17.4. The first-order chi connectivity index (χ1) is 12.8. The van der Waals surface area contributed by atoms with Gasteiger partial charge in [0.15, 0.2) is 5.82 Å². The van der Waals surface area contributed by atoms with Crippen LogP contribution in [0.4, 0.5) is 5.69 Å². The van der Waals surface area contributed by atoms with Crippen molar-refractivity contribution in [2.24, 2.45) is 5.92 Å². The molecule has 0 bridgehead atoms. The number of rotatable bonds is 5. The van der Waals surface area contributed by atoms with E-state index in [2.05, 4.69) is 72.1 Å². The summed E-state index contributed by atoms with van der Waals surface area (Å²) in [7, 11) is 1.70. The summed E-state index contributed by atoms with van der Waals surface area (Å²) in [6, 6.07) is 8.53. The molecule has 2 aromatic rings. The second-order valence-corrected chi connectivity index (χ2v) is 8.53. The van der Waals surface area contributed by atoms with Crippen molar-refractivity contribution < 1.29 is 4.74 Å². The lowest BCUT2D eigenvalue weighted by Crippen LogP contribution is -2.49.